The second-order valence-corrected chi connectivity index (χ2v) is 7.88. The molecule has 0 spiro atoms. The first kappa shape index (κ1) is 21.9. The topological polar surface area (TPSA) is 105 Å². The van der Waals surface area contributed by atoms with Crippen molar-refractivity contribution in [2.75, 3.05) is 18.5 Å². The van der Waals surface area contributed by atoms with E-state index in [1.165, 1.54) is 18.6 Å². The molecule has 1 fully saturated rings. The van der Waals surface area contributed by atoms with Crippen LogP contribution in [0.4, 0.5) is 5.69 Å². The number of benzene rings is 1. The van der Waals surface area contributed by atoms with E-state index in [4.69, 9.17) is 9.84 Å². The Bertz CT molecular complexity index is 687. The van der Waals surface area contributed by atoms with Gasteiger partial charge in [-0.2, -0.15) is 0 Å². The summed E-state index contributed by atoms with van der Waals surface area (Å²) in [7, 11) is 0. The lowest BCUT2D eigenvalue weighted by atomic mass is 9.75. The lowest BCUT2D eigenvalue weighted by molar-refractivity contribution is -0.135. The molecule has 1 aromatic rings. The van der Waals surface area contributed by atoms with Crippen molar-refractivity contribution in [3.8, 4) is 0 Å². The average molecular weight is 390 g/mol. The maximum Gasteiger partial charge on any atom is 0.322 e. The number of amides is 2. The summed E-state index contributed by atoms with van der Waals surface area (Å²) < 4.78 is 5.95. The minimum absolute atomic E-state index is 0.00144. The van der Waals surface area contributed by atoms with Crippen molar-refractivity contribution >= 4 is 23.5 Å². The van der Waals surface area contributed by atoms with Gasteiger partial charge >= 0.3 is 5.97 Å². The molecule has 1 saturated carbocycles. The molecule has 1 aromatic carbocycles. The van der Waals surface area contributed by atoms with E-state index >= 15 is 0 Å². The zero-order valence-electron chi connectivity index (χ0n) is 16.7. The molecule has 0 saturated heterocycles. The summed E-state index contributed by atoms with van der Waals surface area (Å²) in [6, 6.07) is 6.27. The van der Waals surface area contributed by atoms with Crippen LogP contribution < -0.4 is 10.6 Å². The number of anilines is 1. The summed E-state index contributed by atoms with van der Waals surface area (Å²) in [4.78, 5) is 34.5. The second kappa shape index (κ2) is 10.2. The number of carboxylic acids is 1. The highest BCUT2D eigenvalue weighted by atomic mass is 16.5. The summed E-state index contributed by atoms with van der Waals surface area (Å²) in [6.07, 6.45) is 3.43. The van der Waals surface area contributed by atoms with Crippen LogP contribution >= 0.6 is 0 Å². The van der Waals surface area contributed by atoms with E-state index in [1.54, 1.807) is 12.1 Å². The van der Waals surface area contributed by atoms with Crippen molar-refractivity contribution in [3.63, 3.8) is 0 Å². The lowest BCUT2D eigenvalue weighted by Gasteiger charge is -2.37. The largest absolute Gasteiger partial charge is 0.480 e. The standard InChI is InChI=1S/C21H30N2O5/c1-13(2)17-9-4-14(3)10-18(17)28-12-19(24)23-16-7-5-15(6-8-16)21(27)22-11-20(25)26/h5-8,13-14,17-18H,4,9-12H2,1-3H3,(H,22,27)(H,23,24)(H,25,26). The van der Waals surface area contributed by atoms with Crippen LogP contribution in [-0.2, 0) is 14.3 Å². The number of ether oxygens (including phenoxy) is 1. The molecule has 3 N–H and O–H groups in total. The van der Waals surface area contributed by atoms with Gasteiger partial charge in [0.15, 0.2) is 0 Å². The Morgan fingerprint density at radius 2 is 1.86 bits per heavy atom. The van der Waals surface area contributed by atoms with Gasteiger partial charge in [0.1, 0.15) is 13.2 Å². The van der Waals surface area contributed by atoms with Crippen LogP contribution in [0.25, 0.3) is 0 Å². The van der Waals surface area contributed by atoms with Crippen LogP contribution in [0.2, 0.25) is 0 Å². The predicted molar refractivity (Wildman–Crippen MR) is 106 cm³/mol. The molecule has 0 radical (unpaired) electrons. The molecule has 154 valence electrons. The quantitative estimate of drug-likeness (QED) is 0.633. The third-order valence-corrected chi connectivity index (χ3v) is 5.22. The van der Waals surface area contributed by atoms with Gasteiger partial charge in [-0.25, -0.2) is 0 Å². The Kier molecular flexibility index (Phi) is 7.99. The van der Waals surface area contributed by atoms with E-state index in [-0.39, 0.29) is 18.6 Å². The van der Waals surface area contributed by atoms with Gasteiger partial charge in [0.2, 0.25) is 5.91 Å². The van der Waals surface area contributed by atoms with Crippen molar-refractivity contribution in [1.82, 2.24) is 5.32 Å². The number of nitrogens with one attached hydrogen (secondary N) is 2. The Morgan fingerprint density at radius 1 is 1.18 bits per heavy atom. The minimum Gasteiger partial charge on any atom is -0.480 e. The fourth-order valence-electron chi connectivity index (χ4n) is 3.65. The Morgan fingerprint density at radius 3 is 2.46 bits per heavy atom. The molecule has 2 amide bonds. The number of aliphatic carboxylic acids is 1. The fourth-order valence-corrected chi connectivity index (χ4v) is 3.65. The average Bonchev–Trinajstić information content (AvgIpc) is 2.64. The van der Waals surface area contributed by atoms with Crippen LogP contribution in [-0.4, -0.2) is 42.1 Å². The molecule has 1 aliphatic rings. The van der Waals surface area contributed by atoms with Gasteiger partial charge in [-0.05, 0) is 54.9 Å². The summed E-state index contributed by atoms with van der Waals surface area (Å²) in [5, 5.41) is 13.6. The van der Waals surface area contributed by atoms with E-state index < -0.39 is 18.4 Å². The number of carboxylic acid groups (broad SMARTS) is 1. The highest BCUT2D eigenvalue weighted by Gasteiger charge is 2.31. The van der Waals surface area contributed by atoms with Crippen LogP contribution in [0.1, 0.15) is 50.4 Å². The van der Waals surface area contributed by atoms with Crippen LogP contribution in [0.15, 0.2) is 24.3 Å². The van der Waals surface area contributed by atoms with Gasteiger partial charge in [-0.1, -0.05) is 27.2 Å². The molecule has 3 atom stereocenters. The molecular formula is C21H30N2O5. The van der Waals surface area contributed by atoms with Gasteiger partial charge in [-0.15, -0.1) is 0 Å². The zero-order chi connectivity index (χ0) is 20.7. The number of carbonyl (C=O) groups is 3. The molecule has 7 nitrogen and oxygen atoms in total. The molecule has 0 heterocycles. The molecule has 2 rings (SSSR count). The molecule has 7 heteroatoms. The highest BCUT2D eigenvalue weighted by Crippen LogP contribution is 2.35. The summed E-state index contributed by atoms with van der Waals surface area (Å²) in [5.41, 5.74) is 0.882. The summed E-state index contributed by atoms with van der Waals surface area (Å²) >= 11 is 0. The van der Waals surface area contributed by atoms with E-state index in [0.717, 1.165) is 12.8 Å². The van der Waals surface area contributed by atoms with Crippen molar-refractivity contribution in [1.29, 1.82) is 0 Å². The molecule has 0 aliphatic heterocycles. The smallest absolute Gasteiger partial charge is 0.322 e. The highest BCUT2D eigenvalue weighted by molar-refractivity contribution is 5.97. The molecule has 0 aromatic heterocycles. The molecule has 0 bridgehead atoms. The van der Waals surface area contributed by atoms with Crippen molar-refractivity contribution in [2.45, 2.75) is 46.1 Å². The van der Waals surface area contributed by atoms with E-state index in [0.29, 0.717) is 29.0 Å². The summed E-state index contributed by atoms with van der Waals surface area (Å²) in [5.74, 6) is -0.196. The van der Waals surface area contributed by atoms with E-state index in [9.17, 15) is 14.4 Å². The number of hydrogen-bond donors (Lipinski definition) is 3. The van der Waals surface area contributed by atoms with Crippen LogP contribution in [0.3, 0.4) is 0 Å². The zero-order valence-corrected chi connectivity index (χ0v) is 16.7. The van der Waals surface area contributed by atoms with Crippen LogP contribution in [0, 0.1) is 17.8 Å². The monoisotopic (exact) mass is 390 g/mol. The van der Waals surface area contributed by atoms with Gasteiger partial charge in [0.25, 0.3) is 5.91 Å². The van der Waals surface area contributed by atoms with Gasteiger partial charge in [0, 0.05) is 11.3 Å². The Balaban J connectivity index is 1.83. The molecular weight excluding hydrogens is 360 g/mol. The predicted octanol–water partition coefficient (Wildman–Crippen LogP) is 2.92. The molecule has 1 aliphatic carbocycles. The third kappa shape index (κ3) is 6.64. The first-order valence-corrected chi connectivity index (χ1v) is 9.77. The second-order valence-electron chi connectivity index (χ2n) is 7.88. The lowest BCUT2D eigenvalue weighted by Crippen LogP contribution is -2.36. The van der Waals surface area contributed by atoms with Gasteiger partial charge in [-0.3, -0.25) is 14.4 Å². The molecule has 28 heavy (non-hydrogen) atoms. The van der Waals surface area contributed by atoms with E-state index in [1.807, 2.05) is 0 Å². The van der Waals surface area contributed by atoms with Crippen molar-refractivity contribution < 1.29 is 24.2 Å². The molecule has 3 unspecified atom stereocenters. The van der Waals surface area contributed by atoms with Crippen molar-refractivity contribution in [2.24, 2.45) is 17.8 Å². The SMILES string of the molecule is CC1CCC(C(C)C)C(OCC(=O)Nc2ccc(C(=O)NCC(=O)O)cc2)C1. The fraction of sp³-hybridized carbons (Fsp3) is 0.571. The normalized spacial score (nSPS) is 21.9. The Labute approximate surface area is 165 Å². The number of carbonyl (C=O) groups excluding carboxylic acids is 2. The summed E-state index contributed by atoms with van der Waals surface area (Å²) in [6.45, 7) is 6.19. The van der Waals surface area contributed by atoms with Gasteiger partial charge in [0.05, 0.1) is 6.10 Å². The van der Waals surface area contributed by atoms with Gasteiger partial charge < -0.3 is 20.5 Å². The van der Waals surface area contributed by atoms with Crippen molar-refractivity contribution in [3.05, 3.63) is 29.8 Å². The third-order valence-electron chi connectivity index (χ3n) is 5.22. The first-order valence-electron chi connectivity index (χ1n) is 9.77. The number of hydrogen-bond acceptors (Lipinski definition) is 4. The maximum absolute atomic E-state index is 12.2. The number of rotatable bonds is 8. The first-order chi connectivity index (χ1) is 13.3. The van der Waals surface area contributed by atoms with E-state index in [2.05, 4.69) is 31.4 Å². The minimum atomic E-state index is -1.11. The van der Waals surface area contributed by atoms with Crippen LogP contribution in [0.5, 0.6) is 0 Å². The maximum atomic E-state index is 12.2. The Hall–Kier alpha value is -2.41.